The number of likely N-dealkylation sites (N-methyl/N-ethyl adjacent to an activating group) is 1. The van der Waals surface area contributed by atoms with Gasteiger partial charge >= 0.3 is 11.9 Å². The summed E-state index contributed by atoms with van der Waals surface area (Å²) in [7, 11) is 5.24. The van der Waals surface area contributed by atoms with Gasteiger partial charge in [-0.15, -0.1) is 0 Å². The Morgan fingerprint density at radius 2 is 1.98 bits per heavy atom. The summed E-state index contributed by atoms with van der Waals surface area (Å²) in [6.07, 6.45) is 9.12. The van der Waals surface area contributed by atoms with E-state index in [1.54, 1.807) is 20.1 Å². The summed E-state index contributed by atoms with van der Waals surface area (Å²) in [5.74, 6) is -0.811. The molecular formula is C41H46N4O7. The van der Waals surface area contributed by atoms with Gasteiger partial charge in [0, 0.05) is 66.9 Å². The molecule has 1 N–H and O–H groups in total. The maximum atomic E-state index is 14.7. The minimum absolute atomic E-state index is 0.0454. The molecule has 1 aromatic carbocycles. The lowest BCUT2D eigenvalue weighted by Gasteiger charge is -2.63. The van der Waals surface area contributed by atoms with Gasteiger partial charge in [-0.3, -0.25) is 29.2 Å². The highest BCUT2D eigenvalue weighted by atomic mass is 16.6. The number of esters is 2. The lowest BCUT2D eigenvalue weighted by molar-refractivity contribution is -0.179. The molecule has 1 spiro atoms. The number of piperidine rings is 2. The molecule has 11 nitrogen and oxygen atoms in total. The number of aliphatic hydroxyl groups excluding tert-OH is 1. The van der Waals surface area contributed by atoms with Crippen molar-refractivity contribution in [2.24, 2.45) is 34.1 Å². The molecule has 11 heteroatoms. The van der Waals surface area contributed by atoms with Crippen LogP contribution in [0.2, 0.25) is 0 Å². The number of aliphatic hydroxyl groups is 1. The Kier molecular flexibility index (Phi) is 6.00. The topological polar surface area (TPSA) is 121 Å². The lowest BCUT2D eigenvalue weighted by atomic mass is 9.49. The van der Waals surface area contributed by atoms with Gasteiger partial charge in [-0.25, -0.2) is 0 Å². The maximum Gasteiger partial charge on any atom is 0.311 e. The standard InChI is InChI=1S/C41H46N4O7/c1-6-21-18-45-12-10-39-25-16-31(47)23(14-28(25)42-41(39,45)8-7-22(21)33(39)36(48)51-5)24-13-26-29(17-32(24)50-4)43(3)35-30-15-27-34-37(49)52-40(27,20(2)46)19-44(30)11-9-38(26,34)35/h6,13-14,16-17,20,22,27,30,33-35,46H,7-12,15,18-19H2,1-5H3. The molecule has 3 aliphatic carbocycles. The third kappa shape index (κ3) is 3.18. The molecule has 0 radical (unpaired) electrons. The maximum absolute atomic E-state index is 14.7. The SMILES string of the molecule is CC=C1CN2CCC34C5=CC(=O)C(c6cc7c(cc6OC)N(C)C6C8CC9C%10C(=O)OC9(C(C)O)CN8CCC7%106)=CC5=NC23CCC1C4C(=O)OC. The molecule has 6 saturated heterocycles. The van der Waals surface area contributed by atoms with Crippen molar-refractivity contribution >= 4 is 34.7 Å². The van der Waals surface area contributed by atoms with Crippen LogP contribution in [0.4, 0.5) is 5.69 Å². The van der Waals surface area contributed by atoms with Gasteiger partial charge in [0.05, 0.1) is 49.3 Å². The van der Waals surface area contributed by atoms with E-state index in [1.807, 2.05) is 6.08 Å². The van der Waals surface area contributed by atoms with Crippen LogP contribution in [0.1, 0.15) is 57.1 Å². The Labute approximate surface area is 303 Å². The minimum Gasteiger partial charge on any atom is -0.496 e. The summed E-state index contributed by atoms with van der Waals surface area (Å²) in [6.45, 7) is 6.76. The first-order valence-electron chi connectivity index (χ1n) is 19.2. The molecule has 52 heavy (non-hydrogen) atoms. The van der Waals surface area contributed by atoms with Crippen molar-refractivity contribution < 1.29 is 33.7 Å². The number of hydrogen-bond acceptors (Lipinski definition) is 11. The van der Waals surface area contributed by atoms with Gasteiger partial charge in [0.1, 0.15) is 11.4 Å². The van der Waals surface area contributed by atoms with Crippen molar-refractivity contribution in [3.05, 3.63) is 52.6 Å². The Balaban J connectivity index is 1.07. The fourth-order valence-electron chi connectivity index (χ4n) is 14.3. The fourth-order valence-corrected chi connectivity index (χ4v) is 14.3. The number of allylic oxidation sites excluding steroid dienone is 4. The van der Waals surface area contributed by atoms with Crippen LogP contribution < -0.4 is 9.64 Å². The first-order valence-corrected chi connectivity index (χ1v) is 19.2. The highest BCUT2D eigenvalue weighted by molar-refractivity contribution is 6.37. The summed E-state index contributed by atoms with van der Waals surface area (Å²) in [5.41, 5.74) is 3.51. The molecule has 12 unspecified atom stereocenters. The van der Waals surface area contributed by atoms with Crippen molar-refractivity contribution in [3.63, 3.8) is 0 Å². The second kappa shape index (κ2) is 9.84. The van der Waals surface area contributed by atoms with Crippen LogP contribution >= 0.6 is 0 Å². The molecule has 8 aliphatic heterocycles. The quantitative estimate of drug-likeness (QED) is 0.284. The average molecular weight is 707 g/mol. The van der Waals surface area contributed by atoms with Gasteiger partial charge in [-0.1, -0.05) is 11.6 Å². The third-order valence-electron chi connectivity index (χ3n) is 16.2. The van der Waals surface area contributed by atoms with Gasteiger partial charge in [-0.05, 0) is 87.8 Å². The first kappa shape index (κ1) is 31.7. The van der Waals surface area contributed by atoms with Crippen molar-refractivity contribution in [1.29, 1.82) is 0 Å². The van der Waals surface area contributed by atoms with E-state index < -0.39 is 34.1 Å². The average Bonchev–Trinajstić information content (AvgIpc) is 3.76. The zero-order chi connectivity index (χ0) is 35.9. The molecule has 11 aliphatic rings. The molecular weight excluding hydrogens is 660 g/mol. The molecule has 12 atom stereocenters. The molecule has 7 bridgehead atoms. The summed E-state index contributed by atoms with van der Waals surface area (Å²) >= 11 is 0. The summed E-state index contributed by atoms with van der Waals surface area (Å²) in [4.78, 5) is 55.4. The molecule has 8 fully saturated rings. The highest BCUT2D eigenvalue weighted by Crippen LogP contribution is 2.71. The lowest BCUT2D eigenvalue weighted by Crippen LogP contribution is -2.76. The number of rotatable bonds is 4. The Hall–Kier alpha value is -3.80. The Morgan fingerprint density at radius 3 is 2.73 bits per heavy atom. The van der Waals surface area contributed by atoms with Gasteiger partial charge in [0.2, 0.25) is 0 Å². The Bertz CT molecular complexity index is 2050. The zero-order valence-electron chi connectivity index (χ0n) is 30.5. The number of anilines is 1. The summed E-state index contributed by atoms with van der Waals surface area (Å²) in [6, 6.07) is 4.45. The predicted octanol–water partition coefficient (Wildman–Crippen LogP) is 3.05. The number of methoxy groups -OCH3 is 2. The van der Waals surface area contributed by atoms with Crippen molar-refractivity contribution in [1.82, 2.24) is 9.80 Å². The monoisotopic (exact) mass is 706 g/mol. The van der Waals surface area contributed by atoms with Crippen LogP contribution in [0.15, 0.2) is 46.5 Å². The molecule has 2 saturated carbocycles. The van der Waals surface area contributed by atoms with E-state index in [1.165, 1.54) is 12.7 Å². The molecule has 272 valence electrons. The number of ketones is 1. The van der Waals surface area contributed by atoms with E-state index in [4.69, 9.17) is 19.2 Å². The summed E-state index contributed by atoms with van der Waals surface area (Å²) in [5, 5.41) is 11.1. The van der Waals surface area contributed by atoms with Gasteiger partial charge in [0.25, 0.3) is 0 Å². The fraction of sp³-hybridized carbons (Fsp3) is 0.610. The van der Waals surface area contributed by atoms with Crippen LogP contribution in [0.3, 0.4) is 0 Å². The van der Waals surface area contributed by atoms with E-state index >= 15 is 0 Å². The van der Waals surface area contributed by atoms with E-state index in [0.29, 0.717) is 23.4 Å². The van der Waals surface area contributed by atoms with E-state index in [-0.39, 0.29) is 47.6 Å². The number of benzene rings is 1. The normalized spacial score (nSPS) is 45.4. The first-order chi connectivity index (χ1) is 25.0. The van der Waals surface area contributed by atoms with Crippen molar-refractivity contribution in [2.45, 2.75) is 80.8 Å². The number of fused-ring (bicyclic) bond motifs is 4. The van der Waals surface area contributed by atoms with E-state index in [2.05, 4.69) is 46.9 Å². The molecule has 8 heterocycles. The van der Waals surface area contributed by atoms with Crippen LogP contribution in [0, 0.1) is 29.1 Å². The highest BCUT2D eigenvalue weighted by Gasteiger charge is 2.78. The van der Waals surface area contributed by atoms with Crippen LogP contribution in [-0.4, -0.2) is 115 Å². The van der Waals surface area contributed by atoms with Gasteiger partial charge in [0.15, 0.2) is 11.4 Å². The number of nitrogens with zero attached hydrogens (tertiary/aromatic N) is 4. The largest absolute Gasteiger partial charge is 0.496 e. The third-order valence-corrected chi connectivity index (χ3v) is 16.2. The second-order valence-corrected chi connectivity index (χ2v) is 17.3. The van der Waals surface area contributed by atoms with E-state index in [0.717, 1.165) is 74.3 Å². The number of aliphatic imine (C=N–C) groups is 1. The Morgan fingerprint density at radius 1 is 1.15 bits per heavy atom. The van der Waals surface area contributed by atoms with Crippen LogP contribution in [0.25, 0.3) is 5.57 Å². The molecule has 0 aromatic heterocycles. The second-order valence-electron chi connectivity index (χ2n) is 17.3. The number of ether oxygens (including phenoxy) is 3. The smallest absolute Gasteiger partial charge is 0.311 e. The number of carbonyl (C=O) groups excluding carboxylic acids is 3. The van der Waals surface area contributed by atoms with Gasteiger partial charge in [-0.2, -0.15) is 0 Å². The van der Waals surface area contributed by atoms with Crippen LogP contribution in [0.5, 0.6) is 5.75 Å². The van der Waals surface area contributed by atoms with Gasteiger partial charge < -0.3 is 24.2 Å². The van der Waals surface area contributed by atoms with Crippen molar-refractivity contribution in [2.75, 3.05) is 52.3 Å². The van der Waals surface area contributed by atoms with Crippen molar-refractivity contribution in [3.8, 4) is 5.75 Å². The minimum atomic E-state index is -0.907. The number of hydrogen-bond donors (Lipinski definition) is 1. The molecule has 1 aromatic rings. The molecule has 0 amide bonds. The zero-order valence-corrected chi connectivity index (χ0v) is 30.5. The number of carbonyl (C=O) groups is 3. The summed E-state index contributed by atoms with van der Waals surface area (Å²) < 4.78 is 17.9. The van der Waals surface area contributed by atoms with Crippen LogP contribution in [-0.2, 0) is 29.3 Å². The molecule has 12 rings (SSSR count). The predicted molar refractivity (Wildman–Crippen MR) is 191 cm³/mol. The van der Waals surface area contributed by atoms with E-state index in [9.17, 15) is 19.5 Å².